The molecule has 1 aromatic heterocycles. The van der Waals surface area contributed by atoms with E-state index in [1.165, 1.54) is 32.9 Å². The number of hydrogen-bond acceptors (Lipinski definition) is 7. The highest BCUT2D eigenvalue weighted by Crippen LogP contribution is 2.36. The number of nitrogens with zero attached hydrogens (tertiary/aromatic N) is 3. The van der Waals surface area contributed by atoms with Gasteiger partial charge in [-0.15, -0.1) is 13.2 Å². The van der Waals surface area contributed by atoms with Crippen molar-refractivity contribution in [2.45, 2.75) is 76.5 Å². The molecule has 3 aliphatic rings. The largest absolute Gasteiger partial charge is 0.573 e. The zero-order valence-corrected chi connectivity index (χ0v) is 31.4. The van der Waals surface area contributed by atoms with Gasteiger partial charge in [0.25, 0.3) is 5.56 Å². The summed E-state index contributed by atoms with van der Waals surface area (Å²) in [7, 11) is 1.64. The number of piperidine rings is 1. The molecule has 56 heavy (non-hydrogen) atoms. The Morgan fingerprint density at radius 1 is 0.786 bits per heavy atom. The number of fused-ring (bicyclic) bond motifs is 2. The topological polar surface area (TPSA) is 83.9 Å². The second-order valence-electron chi connectivity index (χ2n) is 15.5. The van der Waals surface area contributed by atoms with Crippen molar-refractivity contribution in [2.75, 3.05) is 25.0 Å². The maximum absolute atomic E-state index is 13.7. The minimum absolute atomic E-state index is 0.0257. The van der Waals surface area contributed by atoms with E-state index in [4.69, 9.17) is 0 Å². The van der Waals surface area contributed by atoms with Gasteiger partial charge < -0.3 is 14.6 Å². The van der Waals surface area contributed by atoms with Crippen LogP contribution in [-0.2, 0) is 42.7 Å². The van der Waals surface area contributed by atoms with Gasteiger partial charge in [0.05, 0.1) is 12.5 Å². The zero-order chi connectivity index (χ0) is 39.0. The first-order valence-corrected chi connectivity index (χ1v) is 19.4. The number of pyridine rings is 1. The highest BCUT2D eigenvalue weighted by atomic mass is 19.4. The van der Waals surface area contributed by atoms with E-state index >= 15 is 0 Å². The fourth-order valence-corrected chi connectivity index (χ4v) is 8.73. The number of ketones is 2. The number of aromatic nitrogens is 1. The number of Topliss-reactive ketones (excluding diaryl/α,β-unsaturated/α-hetero) is 2. The lowest BCUT2D eigenvalue weighted by molar-refractivity contribution is -0.275. The van der Waals surface area contributed by atoms with Crippen LogP contribution in [0.3, 0.4) is 0 Å². The molecule has 1 atom stereocenters. The number of carbonyl (C=O) groups is 2. The van der Waals surface area contributed by atoms with Crippen molar-refractivity contribution in [2.24, 2.45) is 7.05 Å². The van der Waals surface area contributed by atoms with Crippen LogP contribution in [0.15, 0.2) is 95.9 Å². The molecule has 1 aliphatic carbocycles. The number of likely N-dealkylation sites (tertiary alicyclic amines) is 1. The molecule has 0 bridgehead atoms. The highest BCUT2D eigenvalue weighted by molar-refractivity contribution is 6.05. The predicted octanol–water partition coefficient (Wildman–Crippen LogP) is 8.14. The van der Waals surface area contributed by atoms with Gasteiger partial charge in [0.1, 0.15) is 11.5 Å². The summed E-state index contributed by atoms with van der Waals surface area (Å²) in [4.78, 5) is 41.3. The molecule has 4 aromatic carbocycles. The molecule has 2 aliphatic heterocycles. The first-order valence-electron chi connectivity index (χ1n) is 19.4. The number of alkyl halides is 3. The lowest BCUT2D eigenvalue weighted by Gasteiger charge is -2.34. The van der Waals surface area contributed by atoms with Crippen LogP contribution >= 0.6 is 0 Å². The van der Waals surface area contributed by atoms with Crippen molar-refractivity contribution in [1.29, 1.82) is 0 Å². The van der Waals surface area contributed by atoms with Crippen molar-refractivity contribution in [3.63, 3.8) is 0 Å². The van der Waals surface area contributed by atoms with Crippen LogP contribution in [0, 0.1) is 0 Å². The summed E-state index contributed by atoms with van der Waals surface area (Å²) in [6, 6.07) is 26.6. The normalized spacial score (nSPS) is 18.6. The number of halogens is 3. The quantitative estimate of drug-likeness (QED) is 0.152. The van der Waals surface area contributed by atoms with Gasteiger partial charge in [-0.2, -0.15) is 0 Å². The molecule has 1 saturated heterocycles. The molecular weight excluding hydrogens is 718 g/mol. The Morgan fingerprint density at radius 3 is 2.29 bits per heavy atom. The summed E-state index contributed by atoms with van der Waals surface area (Å²) in [5.74, 6) is 0.226. The van der Waals surface area contributed by atoms with Gasteiger partial charge in [-0.25, -0.2) is 0 Å². The van der Waals surface area contributed by atoms with Gasteiger partial charge in [0.15, 0.2) is 5.78 Å². The maximum atomic E-state index is 13.7. The predicted molar refractivity (Wildman–Crippen MR) is 211 cm³/mol. The van der Waals surface area contributed by atoms with Gasteiger partial charge in [-0.05, 0) is 102 Å². The van der Waals surface area contributed by atoms with Crippen LogP contribution in [0.2, 0.25) is 0 Å². The van der Waals surface area contributed by atoms with Crippen molar-refractivity contribution in [3.05, 3.63) is 129 Å². The van der Waals surface area contributed by atoms with Crippen molar-refractivity contribution < 1.29 is 27.5 Å². The average molecular weight is 763 g/mol. The summed E-state index contributed by atoms with van der Waals surface area (Å²) in [5, 5.41) is 4.48. The molecule has 1 saturated carbocycles. The molecule has 1 unspecified atom stereocenters. The number of carbonyl (C=O) groups excluding carboxylic acids is 2. The molecule has 0 radical (unpaired) electrons. The molecule has 8 rings (SSSR count). The van der Waals surface area contributed by atoms with Crippen LogP contribution in [0.25, 0.3) is 21.9 Å². The number of ether oxygens (including phenoxy) is 1. The molecule has 2 fully saturated rings. The van der Waals surface area contributed by atoms with Crippen molar-refractivity contribution in [3.8, 4) is 16.9 Å². The van der Waals surface area contributed by atoms with E-state index in [-0.39, 0.29) is 35.3 Å². The minimum Gasteiger partial charge on any atom is -0.405 e. The van der Waals surface area contributed by atoms with Gasteiger partial charge >= 0.3 is 6.36 Å². The number of rotatable bonds is 9. The average Bonchev–Trinajstić information content (AvgIpc) is 3.18. The van der Waals surface area contributed by atoms with Crippen molar-refractivity contribution in [1.82, 2.24) is 14.4 Å². The highest BCUT2D eigenvalue weighted by Gasteiger charge is 2.33. The Hall–Kier alpha value is -5.26. The van der Waals surface area contributed by atoms with E-state index in [0.29, 0.717) is 65.9 Å². The van der Waals surface area contributed by atoms with Crippen LogP contribution in [0.4, 0.5) is 18.9 Å². The van der Waals surface area contributed by atoms with Crippen LogP contribution in [-0.4, -0.2) is 58.0 Å². The van der Waals surface area contributed by atoms with E-state index < -0.39 is 6.36 Å². The minimum atomic E-state index is -4.86. The second-order valence-corrected chi connectivity index (χ2v) is 15.5. The number of hydrogen-bond donors (Lipinski definition) is 1. The first-order chi connectivity index (χ1) is 27.0. The third-order valence-corrected chi connectivity index (χ3v) is 11.7. The lowest BCUT2D eigenvalue weighted by Crippen LogP contribution is -2.35. The van der Waals surface area contributed by atoms with Gasteiger partial charge in [-0.1, -0.05) is 60.7 Å². The van der Waals surface area contributed by atoms with E-state index in [2.05, 4.69) is 50.2 Å². The summed E-state index contributed by atoms with van der Waals surface area (Å²) in [6.45, 7) is 4.47. The monoisotopic (exact) mass is 762 g/mol. The number of benzene rings is 4. The van der Waals surface area contributed by atoms with Crippen LogP contribution < -0.4 is 15.6 Å². The molecule has 5 aromatic rings. The van der Waals surface area contributed by atoms with E-state index in [9.17, 15) is 27.6 Å². The Labute approximate surface area is 323 Å². The number of anilines is 1. The Kier molecular flexibility index (Phi) is 10.6. The van der Waals surface area contributed by atoms with Gasteiger partial charge in [0.2, 0.25) is 0 Å². The van der Waals surface area contributed by atoms with Gasteiger partial charge in [0, 0.05) is 68.0 Å². The number of nitrogens with one attached hydrogen (secondary N) is 1. The molecule has 290 valence electrons. The second kappa shape index (κ2) is 15.7. The first kappa shape index (κ1) is 37.7. The third-order valence-electron chi connectivity index (χ3n) is 11.7. The van der Waals surface area contributed by atoms with Crippen molar-refractivity contribution >= 4 is 28.0 Å². The standard InChI is InChI=1S/C45H45F3N4O4/c1-50-28-40(38-7-2-3-8-39(38)44(50)55)31-9-10-34(43(23-31)56-45(46,47)48)27-52-22-19-37-32(5-4-6-33(37)26-52)25-51-20-17-30(18-21-51)29-11-13-35(14-12-29)49-41-16-15-36(53)24-42(41)54/h2-14,23,28,30,41,49H,15-22,24-27H2,1H3. The summed E-state index contributed by atoms with van der Waals surface area (Å²) < 4.78 is 47.3. The zero-order valence-electron chi connectivity index (χ0n) is 31.4. The Bertz CT molecular complexity index is 2330. The molecular formula is C45H45F3N4O4. The van der Waals surface area contributed by atoms with E-state index in [1.54, 1.807) is 37.5 Å². The van der Waals surface area contributed by atoms with Crippen LogP contribution in [0.1, 0.15) is 65.8 Å². The Morgan fingerprint density at radius 2 is 1.54 bits per heavy atom. The molecule has 0 amide bonds. The maximum Gasteiger partial charge on any atom is 0.573 e. The fourth-order valence-electron chi connectivity index (χ4n) is 8.73. The summed E-state index contributed by atoms with van der Waals surface area (Å²) in [5.41, 5.74) is 7.52. The molecule has 1 N–H and O–H groups in total. The fraction of sp³-hybridized carbons (Fsp3) is 0.356. The van der Waals surface area contributed by atoms with E-state index in [1.807, 2.05) is 24.3 Å². The summed E-state index contributed by atoms with van der Waals surface area (Å²) >= 11 is 0. The third kappa shape index (κ3) is 8.29. The molecule has 0 spiro atoms. The summed E-state index contributed by atoms with van der Waals surface area (Å²) in [6.07, 6.45) is 0.742. The Balaban J connectivity index is 0.907. The lowest BCUT2D eigenvalue weighted by atomic mass is 9.88. The number of aryl methyl sites for hydroxylation is 1. The smallest absolute Gasteiger partial charge is 0.405 e. The van der Waals surface area contributed by atoms with Gasteiger partial charge in [-0.3, -0.25) is 24.2 Å². The van der Waals surface area contributed by atoms with E-state index in [0.717, 1.165) is 44.6 Å². The van der Waals surface area contributed by atoms with Crippen LogP contribution in [0.5, 0.6) is 5.75 Å². The molecule has 8 nitrogen and oxygen atoms in total. The SMILES string of the molecule is Cn1cc(-c2ccc(CN3CCc4c(CN5CCC(c6ccc(NC7CCC(=O)CC7=O)cc6)CC5)cccc4C3)c(OC(F)(F)F)c2)c2ccccc2c1=O. The molecule has 11 heteroatoms. The molecule has 3 heterocycles.